The second-order valence-corrected chi connectivity index (χ2v) is 3.41. The quantitative estimate of drug-likeness (QED) is 0.876. The first-order valence-electron chi connectivity index (χ1n) is 5.03. The molecule has 0 saturated heterocycles. The number of methoxy groups -OCH3 is 3. The first kappa shape index (κ1) is 11.3. The SMILES string of the molecule is COc1cc(OC)c2cc[nH]c(=O)c2c1OC. The maximum absolute atomic E-state index is 11.8. The van der Waals surface area contributed by atoms with Crippen LogP contribution in [-0.4, -0.2) is 26.3 Å². The van der Waals surface area contributed by atoms with Crippen LogP contribution in [0.1, 0.15) is 0 Å². The Bertz CT molecular complexity index is 603. The molecule has 0 aliphatic rings. The van der Waals surface area contributed by atoms with Gasteiger partial charge in [0.25, 0.3) is 5.56 Å². The first-order chi connectivity index (χ1) is 8.22. The lowest BCUT2D eigenvalue weighted by molar-refractivity contribution is 0.353. The van der Waals surface area contributed by atoms with E-state index in [4.69, 9.17) is 14.2 Å². The molecule has 1 N–H and O–H groups in total. The summed E-state index contributed by atoms with van der Waals surface area (Å²) in [6, 6.07) is 3.46. The topological polar surface area (TPSA) is 60.5 Å². The zero-order chi connectivity index (χ0) is 12.4. The summed E-state index contributed by atoms with van der Waals surface area (Å²) in [6.07, 6.45) is 1.57. The van der Waals surface area contributed by atoms with E-state index in [9.17, 15) is 4.79 Å². The maximum atomic E-state index is 11.8. The third-order valence-electron chi connectivity index (χ3n) is 2.58. The zero-order valence-corrected chi connectivity index (χ0v) is 9.87. The summed E-state index contributed by atoms with van der Waals surface area (Å²) < 4.78 is 15.6. The minimum absolute atomic E-state index is 0.239. The van der Waals surface area contributed by atoms with Crippen molar-refractivity contribution in [2.24, 2.45) is 0 Å². The molecule has 1 heterocycles. The predicted octanol–water partition coefficient (Wildman–Crippen LogP) is 1.55. The van der Waals surface area contributed by atoms with E-state index >= 15 is 0 Å². The van der Waals surface area contributed by atoms with Crippen LogP contribution in [0.2, 0.25) is 0 Å². The molecule has 0 fully saturated rings. The minimum Gasteiger partial charge on any atom is -0.496 e. The van der Waals surface area contributed by atoms with Crippen LogP contribution in [-0.2, 0) is 0 Å². The molecule has 0 aliphatic heterocycles. The predicted molar refractivity (Wildman–Crippen MR) is 64.2 cm³/mol. The van der Waals surface area contributed by atoms with Gasteiger partial charge in [-0.05, 0) is 6.07 Å². The van der Waals surface area contributed by atoms with Gasteiger partial charge in [-0.15, -0.1) is 0 Å². The fraction of sp³-hybridized carbons (Fsp3) is 0.250. The van der Waals surface area contributed by atoms with Gasteiger partial charge in [0.1, 0.15) is 5.75 Å². The highest BCUT2D eigenvalue weighted by molar-refractivity contribution is 5.94. The number of ether oxygens (including phenoxy) is 3. The number of hydrogen-bond acceptors (Lipinski definition) is 4. The molecule has 0 aliphatic carbocycles. The van der Waals surface area contributed by atoms with Crippen LogP contribution in [0, 0.1) is 0 Å². The Labute approximate surface area is 97.9 Å². The molecule has 2 aromatic rings. The fourth-order valence-corrected chi connectivity index (χ4v) is 1.82. The second-order valence-electron chi connectivity index (χ2n) is 3.41. The highest BCUT2D eigenvalue weighted by atomic mass is 16.5. The van der Waals surface area contributed by atoms with E-state index in [0.717, 1.165) is 0 Å². The van der Waals surface area contributed by atoms with Crippen molar-refractivity contribution in [3.8, 4) is 17.2 Å². The average Bonchev–Trinajstić information content (AvgIpc) is 2.37. The van der Waals surface area contributed by atoms with E-state index < -0.39 is 0 Å². The van der Waals surface area contributed by atoms with Crippen LogP contribution < -0.4 is 19.8 Å². The summed E-state index contributed by atoms with van der Waals surface area (Å²) in [5.74, 6) is 1.45. The summed E-state index contributed by atoms with van der Waals surface area (Å²) in [7, 11) is 4.55. The molecule has 0 radical (unpaired) electrons. The molecular weight excluding hydrogens is 222 g/mol. The molecule has 0 bridgehead atoms. The van der Waals surface area contributed by atoms with Crippen molar-refractivity contribution in [3.05, 3.63) is 28.7 Å². The monoisotopic (exact) mass is 235 g/mol. The van der Waals surface area contributed by atoms with Crippen molar-refractivity contribution in [2.75, 3.05) is 21.3 Å². The fourth-order valence-electron chi connectivity index (χ4n) is 1.82. The molecule has 0 atom stereocenters. The van der Waals surface area contributed by atoms with Crippen LogP contribution in [0.15, 0.2) is 23.1 Å². The van der Waals surface area contributed by atoms with Crippen LogP contribution in [0.5, 0.6) is 17.2 Å². The molecule has 2 rings (SSSR count). The molecule has 0 unspecified atom stereocenters. The van der Waals surface area contributed by atoms with Gasteiger partial charge >= 0.3 is 0 Å². The number of H-pyrrole nitrogens is 1. The highest BCUT2D eigenvalue weighted by Gasteiger charge is 2.16. The molecule has 0 spiro atoms. The average molecular weight is 235 g/mol. The van der Waals surface area contributed by atoms with Gasteiger partial charge in [0.2, 0.25) is 0 Å². The van der Waals surface area contributed by atoms with Gasteiger partial charge in [0.15, 0.2) is 11.5 Å². The van der Waals surface area contributed by atoms with E-state index in [-0.39, 0.29) is 5.56 Å². The number of fused-ring (bicyclic) bond motifs is 1. The van der Waals surface area contributed by atoms with Gasteiger partial charge in [0, 0.05) is 17.6 Å². The Kier molecular flexibility index (Phi) is 2.91. The van der Waals surface area contributed by atoms with E-state index in [2.05, 4.69) is 4.98 Å². The Balaban J connectivity index is 2.97. The van der Waals surface area contributed by atoms with E-state index in [1.807, 2.05) is 0 Å². The normalized spacial score (nSPS) is 10.3. The first-order valence-corrected chi connectivity index (χ1v) is 5.03. The van der Waals surface area contributed by atoms with Crippen molar-refractivity contribution in [3.63, 3.8) is 0 Å². The van der Waals surface area contributed by atoms with Crippen molar-refractivity contribution in [2.45, 2.75) is 0 Å². The third-order valence-corrected chi connectivity index (χ3v) is 2.58. The van der Waals surface area contributed by atoms with Gasteiger partial charge in [-0.1, -0.05) is 0 Å². The number of benzene rings is 1. The molecule has 17 heavy (non-hydrogen) atoms. The van der Waals surface area contributed by atoms with Crippen molar-refractivity contribution < 1.29 is 14.2 Å². The lowest BCUT2D eigenvalue weighted by Crippen LogP contribution is -2.07. The molecule has 5 heteroatoms. The molecule has 0 amide bonds. The van der Waals surface area contributed by atoms with Crippen molar-refractivity contribution in [1.29, 1.82) is 0 Å². The Morgan fingerprint density at radius 3 is 2.35 bits per heavy atom. The third kappa shape index (κ3) is 1.69. The maximum Gasteiger partial charge on any atom is 0.259 e. The summed E-state index contributed by atoms with van der Waals surface area (Å²) >= 11 is 0. The summed E-state index contributed by atoms with van der Waals surface area (Å²) in [5.41, 5.74) is -0.239. The number of nitrogens with one attached hydrogen (secondary N) is 1. The van der Waals surface area contributed by atoms with E-state index in [0.29, 0.717) is 28.0 Å². The summed E-state index contributed by atoms with van der Waals surface area (Å²) in [5, 5.41) is 1.11. The minimum atomic E-state index is -0.239. The Morgan fingerprint density at radius 1 is 1.06 bits per heavy atom. The molecule has 5 nitrogen and oxygen atoms in total. The van der Waals surface area contributed by atoms with E-state index in [1.165, 1.54) is 14.2 Å². The number of aromatic nitrogens is 1. The van der Waals surface area contributed by atoms with Crippen LogP contribution in [0.25, 0.3) is 10.8 Å². The smallest absolute Gasteiger partial charge is 0.259 e. The Morgan fingerprint density at radius 2 is 1.76 bits per heavy atom. The number of aromatic amines is 1. The van der Waals surface area contributed by atoms with Gasteiger partial charge in [-0.2, -0.15) is 0 Å². The number of hydrogen-bond donors (Lipinski definition) is 1. The lowest BCUT2D eigenvalue weighted by Gasteiger charge is -2.13. The summed E-state index contributed by atoms with van der Waals surface area (Å²) in [4.78, 5) is 14.5. The largest absolute Gasteiger partial charge is 0.496 e. The standard InChI is InChI=1S/C12H13NO4/c1-15-8-6-9(16-2)11(17-3)10-7(8)4-5-13-12(10)14/h4-6H,1-3H3,(H,13,14). The van der Waals surface area contributed by atoms with Gasteiger partial charge in [-0.25, -0.2) is 0 Å². The van der Waals surface area contributed by atoms with E-state index in [1.54, 1.807) is 25.4 Å². The summed E-state index contributed by atoms with van der Waals surface area (Å²) in [6.45, 7) is 0. The van der Waals surface area contributed by atoms with Gasteiger partial charge in [-0.3, -0.25) is 4.79 Å². The van der Waals surface area contributed by atoms with Crippen LogP contribution >= 0.6 is 0 Å². The second kappa shape index (κ2) is 4.37. The van der Waals surface area contributed by atoms with Crippen molar-refractivity contribution in [1.82, 2.24) is 4.98 Å². The molecule has 0 saturated carbocycles. The van der Waals surface area contributed by atoms with Crippen molar-refractivity contribution >= 4 is 10.8 Å². The highest BCUT2D eigenvalue weighted by Crippen LogP contribution is 2.39. The molecule has 1 aromatic carbocycles. The van der Waals surface area contributed by atoms with Crippen LogP contribution in [0.4, 0.5) is 0 Å². The Hall–Kier alpha value is -2.17. The van der Waals surface area contributed by atoms with Gasteiger partial charge < -0.3 is 19.2 Å². The molecular formula is C12H13NO4. The van der Waals surface area contributed by atoms with Crippen LogP contribution in [0.3, 0.4) is 0 Å². The number of rotatable bonds is 3. The van der Waals surface area contributed by atoms with Gasteiger partial charge in [0.05, 0.1) is 26.7 Å². The lowest BCUT2D eigenvalue weighted by atomic mass is 10.1. The zero-order valence-electron chi connectivity index (χ0n) is 9.87. The number of pyridine rings is 1. The molecule has 90 valence electrons. The molecule has 1 aromatic heterocycles.